The van der Waals surface area contributed by atoms with E-state index in [2.05, 4.69) is 21.9 Å². The highest BCUT2D eigenvalue weighted by Crippen LogP contribution is 2.08. The fourth-order valence-corrected chi connectivity index (χ4v) is 1.07. The minimum atomic E-state index is -0.513. The van der Waals surface area contributed by atoms with Crippen molar-refractivity contribution in [3.63, 3.8) is 0 Å². The molecule has 3 nitrogen and oxygen atoms in total. The number of rotatable bonds is 2. The van der Waals surface area contributed by atoms with Crippen LogP contribution < -0.4 is 5.32 Å². The van der Waals surface area contributed by atoms with Crippen LogP contribution in [0.5, 0.6) is 0 Å². The minimum Gasteiger partial charge on any atom is -0.459 e. The van der Waals surface area contributed by atoms with Gasteiger partial charge in [0.15, 0.2) is 0 Å². The van der Waals surface area contributed by atoms with Crippen LogP contribution in [0.1, 0.15) is 5.56 Å². The van der Waals surface area contributed by atoms with E-state index < -0.39 is 5.97 Å². The van der Waals surface area contributed by atoms with Gasteiger partial charge in [-0.15, -0.1) is 0 Å². The number of nitrogens with one attached hydrogen (secondary N) is 1. The lowest BCUT2D eigenvalue weighted by molar-refractivity contribution is -0.133. The maximum Gasteiger partial charge on any atom is 0.384 e. The molecule has 1 aromatic carbocycles. The van der Waals surface area contributed by atoms with Crippen LogP contribution in [0, 0.1) is 18.8 Å². The Morgan fingerprint density at radius 2 is 2.33 bits per heavy atom. The fourth-order valence-electron chi connectivity index (χ4n) is 1.07. The molecule has 0 amide bonds. The highest BCUT2D eigenvalue weighted by molar-refractivity contribution is 5.88. The van der Waals surface area contributed by atoms with E-state index in [9.17, 15) is 4.79 Å². The quantitative estimate of drug-likeness (QED) is 0.450. The van der Waals surface area contributed by atoms with Gasteiger partial charge in [-0.05, 0) is 24.6 Å². The van der Waals surface area contributed by atoms with Crippen LogP contribution in [0.15, 0.2) is 24.3 Å². The van der Waals surface area contributed by atoms with Gasteiger partial charge in [0.2, 0.25) is 0 Å². The van der Waals surface area contributed by atoms with Gasteiger partial charge in [-0.25, -0.2) is 4.79 Å². The van der Waals surface area contributed by atoms with Gasteiger partial charge in [0.25, 0.3) is 0 Å². The average Bonchev–Trinajstić information content (AvgIpc) is 2.24. The minimum absolute atomic E-state index is 0.429. The van der Waals surface area contributed by atoms with E-state index in [1.165, 1.54) is 12.7 Å². The third-order valence-electron chi connectivity index (χ3n) is 1.77. The van der Waals surface area contributed by atoms with E-state index in [1.807, 2.05) is 31.2 Å². The Morgan fingerprint density at radius 3 is 3.00 bits per heavy atom. The number of carbonyl (C=O) groups is 1. The number of hydrogen-bond acceptors (Lipinski definition) is 3. The molecule has 0 aliphatic heterocycles. The first-order chi connectivity index (χ1) is 7.22. The molecule has 0 atom stereocenters. The van der Waals surface area contributed by atoms with E-state index in [4.69, 9.17) is 0 Å². The van der Waals surface area contributed by atoms with Crippen molar-refractivity contribution in [2.24, 2.45) is 0 Å². The molecule has 3 heteroatoms. The van der Waals surface area contributed by atoms with Crippen molar-refractivity contribution >= 4 is 11.7 Å². The lowest BCUT2D eigenvalue weighted by atomic mass is 10.2. The number of benzene rings is 1. The molecule has 0 unspecified atom stereocenters. The van der Waals surface area contributed by atoms with Crippen molar-refractivity contribution in [1.29, 1.82) is 0 Å². The van der Waals surface area contributed by atoms with Gasteiger partial charge < -0.3 is 10.1 Å². The Labute approximate surface area is 89.4 Å². The number of ether oxygens (including phenoxy) is 1. The maximum atomic E-state index is 10.7. The molecular weight excluding hydrogens is 190 g/mol. The summed E-state index contributed by atoms with van der Waals surface area (Å²) >= 11 is 0. The molecule has 78 valence electrons. The van der Waals surface area contributed by atoms with Crippen LogP contribution in [0.25, 0.3) is 0 Å². The number of carbonyl (C=O) groups excluding carboxylic acids is 1. The monoisotopic (exact) mass is 203 g/mol. The second-order valence-corrected chi connectivity index (χ2v) is 3.02. The van der Waals surface area contributed by atoms with Crippen LogP contribution in [-0.4, -0.2) is 19.6 Å². The topological polar surface area (TPSA) is 38.3 Å². The average molecular weight is 203 g/mol. The molecule has 0 fully saturated rings. The summed E-state index contributed by atoms with van der Waals surface area (Å²) in [4.78, 5) is 10.7. The first-order valence-corrected chi connectivity index (χ1v) is 4.59. The molecule has 1 rings (SSSR count). The lowest BCUT2D eigenvalue weighted by Crippen LogP contribution is -2.01. The number of aryl methyl sites for hydroxylation is 1. The second-order valence-electron chi connectivity index (χ2n) is 3.02. The van der Waals surface area contributed by atoms with E-state index in [1.54, 1.807) is 0 Å². The highest BCUT2D eigenvalue weighted by Gasteiger charge is 1.90. The van der Waals surface area contributed by atoms with Gasteiger partial charge in [-0.2, -0.15) is 0 Å². The summed E-state index contributed by atoms with van der Waals surface area (Å²) in [6.07, 6.45) is 0. The van der Waals surface area contributed by atoms with Crippen LogP contribution in [0.3, 0.4) is 0 Å². The van der Waals surface area contributed by atoms with E-state index in [-0.39, 0.29) is 0 Å². The number of hydrogen-bond donors (Lipinski definition) is 1. The SMILES string of the molecule is COC(=O)C#CCNc1cccc(C)c1. The summed E-state index contributed by atoms with van der Waals surface area (Å²) < 4.78 is 4.38. The Bertz CT molecular complexity index is 402. The van der Waals surface area contributed by atoms with E-state index in [0.717, 1.165) is 5.69 Å². The second kappa shape index (κ2) is 5.71. The third kappa shape index (κ3) is 4.19. The summed E-state index contributed by atoms with van der Waals surface area (Å²) in [6, 6.07) is 7.95. The zero-order valence-corrected chi connectivity index (χ0v) is 8.83. The Balaban J connectivity index is 2.43. The van der Waals surface area contributed by atoms with Crippen molar-refractivity contribution in [1.82, 2.24) is 0 Å². The third-order valence-corrected chi connectivity index (χ3v) is 1.77. The summed E-state index contributed by atoms with van der Waals surface area (Å²) in [7, 11) is 1.31. The Morgan fingerprint density at radius 1 is 1.53 bits per heavy atom. The molecule has 0 aromatic heterocycles. The van der Waals surface area contributed by atoms with E-state index >= 15 is 0 Å². The molecule has 0 heterocycles. The normalized spacial score (nSPS) is 8.67. The van der Waals surface area contributed by atoms with Crippen molar-refractivity contribution in [3.05, 3.63) is 29.8 Å². The first kappa shape index (κ1) is 11.1. The molecule has 0 spiro atoms. The summed E-state index contributed by atoms with van der Waals surface area (Å²) in [5, 5.41) is 3.08. The van der Waals surface area contributed by atoms with Crippen molar-refractivity contribution in [2.75, 3.05) is 19.0 Å². The van der Waals surface area contributed by atoms with Crippen molar-refractivity contribution < 1.29 is 9.53 Å². The van der Waals surface area contributed by atoms with Crippen LogP contribution >= 0.6 is 0 Å². The Hall–Kier alpha value is -1.95. The van der Waals surface area contributed by atoms with Gasteiger partial charge in [-0.3, -0.25) is 0 Å². The molecule has 0 aliphatic carbocycles. The number of anilines is 1. The molecule has 0 aliphatic rings. The highest BCUT2D eigenvalue weighted by atomic mass is 16.5. The molecule has 1 N–H and O–H groups in total. The molecule has 0 saturated carbocycles. The number of esters is 1. The maximum absolute atomic E-state index is 10.7. The van der Waals surface area contributed by atoms with Gasteiger partial charge in [0.1, 0.15) is 0 Å². The summed E-state index contributed by atoms with van der Waals surface area (Å²) in [5.74, 6) is 4.50. The van der Waals surface area contributed by atoms with Gasteiger partial charge in [-0.1, -0.05) is 18.1 Å². The zero-order valence-electron chi connectivity index (χ0n) is 8.83. The molecular formula is C12H13NO2. The predicted octanol–water partition coefficient (Wildman–Crippen LogP) is 1.58. The fraction of sp³-hybridized carbons (Fsp3) is 0.250. The largest absolute Gasteiger partial charge is 0.459 e. The zero-order chi connectivity index (χ0) is 11.1. The van der Waals surface area contributed by atoms with Crippen molar-refractivity contribution in [3.8, 4) is 11.8 Å². The molecule has 0 radical (unpaired) electrons. The predicted molar refractivity (Wildman–Crippen MR) is 59.5 cm³/mol. The molecule has 0 bridgehead atoms. The molecule has 1 aromatic rings. The summed E-state index contributed by atoms with van der Waals surface area (Å²) in [5.41, 5.74) is 2.18. The van der Waals surface area contributed by atoms with Crippen LogP contribution in [0.4, 0.5) is 5.69 Å². The summed E-state index contributed by atoms with van der Waals surface area (Å²) in [6.45, 7) is 2.45. The van der Waals surface area contributed by atoms with Gasteiger partial charge in [0.05, 0.1) is 13.7 Å². The first-order valence-electron chi connectivity index (χ1n) is 4.59. The molecule has 0 saturated heterocycles. The van der Waals surface area contributed by atoms with Gasteiger partial charge in [0, 0.05) is 11.6 Å². The lowest BCUT2D eigenvalue weighted by Gasteiger charge is -2.02. The van der Waals surface area contributed by atoms with Crippen LogP contribution in [0.2, 0.25) is 0 Å². The van der Waals surface area contributed by atoms with Crippen molar-refractivity contribution in [2.45, 2.75) is 6.92 Å². The van der Waals surface area contributed by atoms with Crippen LogP contribution in [-0.2, 0) is 9.53 Å². The smallest absolute Gasteiger partial charge is 0.384 e. The number of methoxy groups -OCH3 is 1. The molecule has 15 heavy (non-hydrogen) atoms. The Kier molecular flexibility index (Phi) is 4.24. The van der Waals surface area contributed by atoms with Gasteiger partial charge >= 0.3 is 5.97 Å². The van der Waals surface area contributed by atoms with E-state index in [0.29, 0.717) is 6.54 Å². The standard InChI is InChI=1S/C12H13NO2/c1-10-5-3-6-11(9-10)13-8-4-7-12(14)15-2/h3,5-6,9,13H,8H2,1-2H3.